The fourth-order valence-corrected chi connectivity index (χ4v) is 3.27. The molecule has 1 aliphatic heterocycles. The van der Waals surface area contributed by atoms with Gasteiger partial charge in [0, 0.05) is 30.9 Å². The second-order valence-corrected chi connectivity index (χ2v) is 6.90. The Balaban J connectivity index is 1.46. The van der Waals surface area contributed by atoms with E-state index in [9.17, 15) is 9.59 Å². The van der Waals surface area contributed by atoms with Gasteiger partial charge in [0.25, 0.3) is 5.91 Å². The Bertz CT molecular complexity index is 846. The summed E-state index contributed by atoms with van der Waals surface area (Å²) in [4.78, 5) is 26.4. The highest BCUT2D eigenvalue weighted by molar-refractivity contribution is 5.94. The molecule has 0 radical (unpaired) electrons. The van der Waals surface area contributed by atoms with Crippen LogP contribution in [0.15, 0.2) is 42.5 Å². The third-order valence-electron chi connectivity index (χ3n) is 4.92. The summed E-state index contributed by atoms with van der Waals surface area (Å²) in [5, 5.41) is 5.94. The van der Waals surface area contributed by atoms with Gasteiger partial charge in [-0.3, -0.25) is 9.59 Å². The van der Waals surface area contributed by atoms with Crippen LogP contribution in [0.5, 0.6) is 11.5 Å². The lowest BCUT2D eigenvalue weighted by Crippen LogP contribution is -2.29. The van der Waals surface area contributed by atoms with Crippen molar-refractivity contribution in [2.75, 3.05) is 39.2 Å². The molecule has 2 aromatic rings. The van der Waals surface area contributed by atoms with E-state index in [0.29, 0.717) is 23.6 Å². The minimum absolute atomic E-state index is 0.0710. The molecule has 7 heteroatoms. The van der Waals surface area contributed by atoms with Gasteiger partial charge in [0.2, 0.25) is 5.91 Å². The van der Waals surface area contributed by atoms with Gasteiger partial charge < -0.3 is 25.0 Å². The molecule has 3 rings (SSSR count). The molecule has 154 valence electrons. The smallest absolute Gasteiger partial charge is 0.253 e. The van der Waals surface area contributed by atoms with Crippen LogP contribution in [0.1, 0.15) is 28.8 Å². The van der Waals surface area contributed by atoms with Crippen LogP contribution in [0.4, 0.5) is 5.69 Å². The van der Waals surface area contributed by atoms with Crippen LogP contribution >= 0.6 is 0 Å². The van der Waals surface area contributed by atoms with Crippen LogP contribution in [0.2, 0.25) is 0 Å². The van der Waals surface area contributed by atoms with Crippen LogP contribution in [0.3, 0.4) is 0 Å². The number of nitrogens with zero attached hydrogens (tertiary/aromatic N) is 1. The van der Waals surface area contributed by atoms with Gasteiger partial charge in [-0.15, -0.1) is 0 Å². The Morgan fingerprint density at radius 3 is 2.31 bits per heavy atom. The van der Waals surface area contributed by atoms with Crippen molar-refractivity contribution in [2.24, 2.45) is 0 Å². The van der Waals surface area contributed by atoms with Crippen LogP contribution in [-0.4, -0.2) is 50.6 Å². The van der Waals surface area contributed by atoms with E-state index in [1.165, 1.54) is 0 Å². The summed E-state index contributed by atoms with van der Waals surface area (Å²) in [7, 11) is 3.16. The molecular formula is C22H27N3O4. The maximum Gasteiger partial charge on any atom is 0.253 e. The van der Waals surface area contributed by atoms with Gasteiger partial charge in [0.15, 0.2) is 11.5 Å². The molecule has 2 aromatic carbocycles. The number of benzene rings is 2. The lowest BCUT2D eigenvalue weighted by atomic mass is 10.2. The number of hydrogen-bond donors (Lipinski definition) is 2. The number of carbonyl (C=O) groups excluding carboxylic acids is 2. The van der Waals surface area contributed by atoms with E-state index in [4.69, 9.17) is 9.47 Å². The summed E-state index contributed by atoms with van der Waals surface area (Å²) in [5.74, 6) is 1.22. The molecule has 0 aromatic heterocycles. The van der Waals surface area contributed by atoms with Gasteiger partial charge in [-0.25, -0.2) is 0 Å². The average molecular weight is 397 g/mol. The highest BCUT2D eigenvalue weighted by atomic mass is 16.5. The maximum atomic E-state index is 12.4. The first-order valence-electron chi connectivity index (χ1n) is 9.71. The summed E-state index contributed by atoms with van der Waals surface area (Å²) in [6, 6.07) is 12.8. The summed E-state index contributed by atoms with van der Waals surface area (Å²) < 4.78 is 10.5. The number of likely N-dealkylation sites (tertiary alicyclic amines) is 1. The standard InChI is InChI=1S/C22H27N3O4/c1-28-19-10-5-16(13-20(19)29-2)14-24-21(26)15-23-18-8-6-17(7-9-18)22(27)25-11-3-4-12-25/h5-10,13,23H,3-4,11-12,14-15H2,1-2H3,(H,24,26). The first-order valence-corrected chi connectivity index (χ1v) is 9.71. The van der Waals surface area contributed by atoms with Crippen LogP contribution in [0, 0.1) is 0 Å². The minimum Gasteiger partial charge on any atom is -0.493 e. The van der Waals surface area contributed by atoms with Crippen molar-refractivity contribution in [3.63, 3.8) is 0 Å². The summed E-state index contributed by atoms with van der Waals surface area (Å²) in [6.45, 7) is 2.20. The fourth-order valence-electron chi connectivity index (χ4n) is 3.27. The van der Waals surface area contributed by atoms with E-state index in [1.54, 1.807) is 26.4 Å². The normalized spacial score (nSPS) is 13.1. The highest BCUT2D eigenvalue weighted by Crippen LogP contribution is 2.27. The topological polar surface area (TPSA) is 79.9 Å². The first-order chi connectivity index (χ1) is 14.1. The third kappa shape index (κ3) is 5.40. The SMILES string of the molecule is COc1ccc(CNC(=O)CNc2ccc(C(=O)N3CCCC3)cc2)cc1OC. The van der Waals surface area contributed by atoms with Gasteiger partial charge in [-0.05, 0) is 54.8 Å². The van der Waals surface area contributed by atoms with Crippen molar-refractivity contribution in [2.45, 2.75) is 19.4 Å². The Kier molecular flexibility index (Phi) is 6.94. The number of hydrogen-bond acceptors (Lipinski definition) is 5. The van der Waals surface area contributed by atoms with Gasteiger partial charge in [-0.2, -0.15) is 0 Å². The van der Waals surface area contributed by atoms with Crippen LogP contribution in [-0.2, 0) is 11.3 Å². The van der Waals surface area contributed by atoms with E-state index in [1.807, 2.05) is 35.2 Å². The van der Waals surface area contributed by atoms with Gasteiger partial charge >= 0.3 is 0 Å². The number of methoxy groups -OCH3 is 2. The second kappa shape index (κ2) is 9.82. The zero-order valence-electron chi connectivity index (χ0n) is 16.9. The van der Waals surface area contributed by atoms with E-state index < -0.39 is 0 Å². The van der Waals surface area contributed by atoms with Gasteiger partial charge in [0.05, 0.1) is 20.8 Å². The number of carbonyl (C=O) groups is 2. The van der Waals surface area contributed by atoms with E-state index in [-0.39, 0.29) is 18.4 Å². The molecule has 2 amide bonds. The predicted octanol–water partition coefficient (Wildman–Crippen LogP) is 2.67. The molecule has 1 aliphatic rings. The van der Waals surface area contributed by atoms with Crippen LogP contribution < -0.4 is 20.1 Å². The minimum atomic E-state index is -0.128. The molecule has 1 fully saturated rings. The molecule has 0 atom stereocenters. The van der Waals surface area contributed by atoms with Gasteiger partial charge in [0.1, 0.15) is 0 Å². The Labute approximate surface area is 171 Å². The molecule has 1 saturated heterocycles. The number of nitrogens with one attached hydrogen (secondary N) is 2. The van der Waals surface area contributed by atoms with Crippen molar-refractivity contribution in [1.29, 1.82) is 0 Å². The third-order valence-corrected chi connectivity index (χ3v) is 4.92. The molecule has 29 heavy (non-hydrogen) atoms. The Hall–Kier alpha value is -3.22. The fraction of sp³-hybridized carbons (Fsp3) is 0.364. The van der Waals surface area contributed by atoms with Crippen molar-refractivity contribution < 1.29 is 19.1 Å². The van der Waals surface area contributed by atoms with Crippen molar-refractivity contribution in [1.82, 2.24) is 10.2 Å². The molecule has 0 saturated carbocycles. The molecule has 0 aliphatic carbocycles. The lowest BCUT2D eigenvalue weighted by Gasteiger charge is -2.15. The largest absolute Gasteiger partial charge is 0.493 e. The number of anilines is 1. The lowest BCUT2D eigenvalue weighted by molar-refractivity contribution is -0.119. The van der Waals surface area contributed by atoms with E-state index >= 15 is 0 Å². The Morgan fingerprint density at radius 2 is 1.66 bits per heavy atom. The van der Waals surface area contributed by atoms with E-state index in [0.717, 1.165) is 37.2 Å². The summed E-state index contributed by atoms with van der Waals surface area (Å²) in [6.07, 6.45) is 2.15. The Morgan fingerprint density at radius 1 is 0.966 bits per heavy atom. The van der Waals surface area contributed by atoms with E-state index in [2.05, 4.69) is 10.6 Å². The number of ether oxygens (including phenoxy) is 2. The number of amides is 2. The second-order valence-electron chi connectivity index (χ2n) is 6.90. The highest BCUT2D eigenvalue weighted by Gasteiger charge is 2.19. The quantitative estimate of drug-likeness (QED) is 0.716. The molecular weight excluding hydrogens is 370 g/mol. The average Bonchev–Trinajstić information content (AvgIpc) is 3.30. The summed E-state index contributed by atoms with van der Waals surface area (Å²) >= 11 is 0. The zero-order valence-corrected chi connectivity index (χ0v) is 16.9. The first kappa shape index (κ1) is 20.5. The van der Waals surface area contributed by atoms with Crippen molar-refractivity contribution >= 4 is 17.5 Å². The predicted molar refractivity (Wildman–Crippen MR) is 111 cm³/mol. The van der Waals surface area contributed by atoms with Crippen molar-refractivity contribution in [3.05, 3.63) is 53.6 Å². The monoisotopic (exact) mass is 397 g/mol. The number of rotatable bonds is 8. The molecule has 0 spiro atoms. The molecule has 7 nitrogen and oxygen atoms in total. The molecule has 2 N–H and O–H groups in total. The molecule has 0 unspecified atom stereocenters. The maximum absolute atomic E-state index is 12.4. The van der Waals surface area contributed by atoms with Gasteiger partial charge in [-0.1, -0.05) is 6.07 Å². The molecule has 1 heterocycles. The van der Waals surface area contributed by atoms with Crippen molar-refractivity contribution in [3.8, 4) is 11.5 Å². The summed E-state index contributed by atoms with van der Waals surface area (Å²) in [5.41, 5.74) is 2.39. The van der Waals surface area contributed by atoms with Crippen LogP contribution in [0.25, 0.3) is 0 Å². The molecule has 0 bridgehead atoms. The zero-order chi connectivity index (χ0) is 20.6.